The molecule has 2 aliphatic heterocycles. The van der Waals surface area contributed by atoms with Gasteiger partial charge in [-0.1, -0.05) is 0 Å². The first kappa shape index (κ1) is 19.1. The van der Waals surface area contributed by atoms with Crippen molar-refractivity contribution in [2.45, 2.75) is 10.9 Å². The Balaban J connectivity index is 1.55. The number of rotatable bonds is 3. The van der Waals surface area contributed by atoms with Gasteiger partial charge in [-0.3, -0.25) is 4.79 Å². The lowest BCUT2D eigenvalue weighted by atomic mass is 10.1. The number of carbonyl (C=O) groups is 2. The van der Waals surface area contributed by atoms with Crippen LogP contribution in [-0.2, 0) is 14.8 Å². The van der Waals surface area contributed by atoms with E-state index in [-0.39, 0.29) is 27.9 Å². The first-order valence-electron chi connectivity index (χ1n) is 8.21. The second-order valence-electron chi connectivity index (χ2n) is 6.31. The number of nitrogens with one attached hydrogen (secondary N) is 2. The van der Waals surface area contributed by atoms with Gasteiger partial charge in [-0.25, -0.2) is 30.7 Å². The number of hydrogen-bond donors (Lipinski definition) is 2. The fourth-order valence-corrected chi connectivity index (χ4v) is 4.58. The number of ether oxygens (including phenoxy) is 1. The third-order valence-electron chi connectivity index (χ3n) is 4.41. The molecule has 152 valence electrons. The number of hydrogen-bond acceptors (Lipinski definition) is 5. The molecule has 1 atom stereocenters. The van der Waals surface area contributed by atoms with Gasteiger partial charge in [0.15, 0.2) is 0 Å². The summed E-state index contributed by atoms with van der Waals surface area (Å²) < 4.78 is 71.3. The summed E-state index contributed by atoms with van der Waals surface area (Å²) in [5.74, 6) is -3.64. The van der Waals surface area contributed by atoms with Crippen LogP contribution in [0.25, 0.3) is 0 Å². The summed E-state index contributed by atoms with van der Waals surface area (Å²) in [4.78, 5) is 24.0. The number of benzene rings is 2. The van der Waals surface area contributed by atoms with Gasteiger partial charge in [0, 0.05) is 12.1 Å². The molecule has 0 bridgehead atoms. The second-order valence-corrected chi connectivity index (χ2v) is 8.14. The van der Waals surface area contributed by atoms with Crippen LogP contribution in [-0.4, -0.2) is 37.8 Å². The minimum absolute atomic E-state index is 0.0828. The molecular weight excluding hydrogens is 415 g/mol. The van der Waals surface area contributed by atoms with Crippen LogP contribution in [0.1, 0.15) is 11.6 Å². The van der Waals surface area contributed by atoms with E-state index in [0.717, 1.165) is 24.3 Å². The summed E-state index contributed by atoms with van der Waals surface area (Å²) in [6, 6.07) is 2.27. The number of fused-ring (bicyclic) bond motifs is 2. The van der Waals surface area contributed by atoms with Crippen molar-refractivity contribution in [3.05, 3.63) is 53.3 Å². The molecule has 0 saturated carbocycles. The molecule has 8 nitrogen and oxygen atoms in total. The molecular formula is C17H12F3N3O5S. The molecule has 12 heteroatoms. The second kappa shape index (κ2) is 6.65. The van der Waals surface area contributed by atoms with E-state index in [2.05, 4.69) is 10.6 Å². The van der Waals surface area contributed by atoms with Crippen LogP contribution in [0.4, 0.5) is 23.7 Å². The van der Waals surface area contributed by atoms with E-state index in [0.29, 0.717) is 6.07 Å². The van der Waals surface area contributed by atoms with E-state index in [1.54, 1.807) is 0 Å². The molecule has 0 saturated heterocycles. The molecule has 2 aromatic carbocycles. The van der Waals surface area contributed by atoms with Gasteiger partial charge >= 0.3 is 6.03 Å². The number of urea groups is 1. The first-order chi connectivity index (χ1) is 13.7. The Morgan fingerprint density at radius 3 is 2.72 bits per heavy atom. The standard InChI is InChI=1S/C17H12F3N3O5S/c18-8-1-2-11-14(5-8)29(26,27)23(17(25)22-11)6-15(24)21-12-7-28-13-4-9(19)3-10(20)16(12)13/h1-5,12H,6-7H2,(H,21,24)(H,22,25)/t12-/m0/s1. The average Bonchev–Trinajstić information content (AvgIpc) is 3.02. The Morgan fingerprint density at radius 1 is 1.21 bits per heavy atom. The summed E-state index contributed by atoms with van der Waals surface area (Å²) in [6.07, 6.45) is 0. The van der Waals surface area contributed by atoms with Crippen LogP contribution >= 0.6 is 0 Å². The minimum Gasteiger partial charge on any atom is -0.490 e. The number of nitrogens with zero attached hydrogens (tertiary/aromatic N) is 1. The van der Waals surface area contributed by atoms with Crippen molar-refractivity contribution < 1.29 is 35.9 Å². The zero-order chi connectivity index (χ0) is 20.9. The Bertz CT molecular complexity index is 1160. The molecule has 2 heterocycles. The van der Waals surface area contributed by atoms with Crippen LogP contribution in [0.2, 0.25) is 0 Å². The van der Waals surface area contributed by atoms with Crippen molar-refractivity contribution >= 4 is 27.6 Å². The number of halogens is 3. The van der Waals surface area contributed by atoms with Crippen molar-refractivity contribution in [3.8, 4) is 5.75 Å². The monoisotopic (exact) mass is 427 g/mol. The van der Waals surface area contributed by atoms with E-state index in [4.69, 9.17) is 4.74 Å². The summed E-state index contributed by atoms with van der Waals surface area (Å²) in [5.41, 5.74) is -0.201. The highest BCUT2D eigenvalue weighted by atomic mass is 32.2. The summed E-state index contributed by atoms with van der Waals surface area (Å²) in [5, 5.41) is 4.61. The molecule has 2 aromatic rings. The maximum atomic E-state index is 14.0. The number of sulfonamides is 1. The molecule has 4 rings (SSSR count). The summed E-state index contributed by atoms with van der Waals surface area (Å²) in [6.45, 7) is -1.13. The normalized spacial score (nSPS) is 19.1. The Labute approximate surface area is 162 Å². The first-order valence-corrected chi connectivity index (χ1v) is 9.65. The van der Waals surface area contributed by atoms with Gasteiger partial charge < -0.3 is 15.4 Å². The molecule has 0 aromatic heterocycles. The largest absolute Gasteiger partial charge is 0.490 e. The molecule has 2 N–H and O–H groups in total. The molecule has 0 unspecified atom stereocenters. The van der Waals surface area contributed by atoms with Gasteiger partial charge in [-0.2, -0.15) is 0 Å². The molecule has 3 amide bonds. The molecule has 0 aliphatic carbocycles. The van der Waals surface area contributed by atoms with Crippen LogP contribution in [0, 0.1) is 17.5 Å². The van der Waals surface area contributed by atoms with Crippen molar-refractivity contribution in [3.63, 3.8) is 0 Å². The highest BCUT2D eigenvalue weighted by Gasteiger charge is 2.39. The molecule has 2 aliphatic rings. The zero-order valence-corrected chi connectivity index (χ0v) is 15.2. The fraction of sp³-hybridized carbons (Fsp3) is 0.176. The highest BCUT2D eigenvalue weighted by molar-refractivity contribution is 7.90. The van der Waals surface area contributed by atoms with E-state index >= 15 is 0 Å². The summed E-state index contributed by atoms with van der Waals surface area (Å²) >= 11 is 0. The van der Waals surface area contributed by atoms with E-state index in [1.807, 2.05) is 0 Å². The van der Waals surface area contributed by atoms with E-state index in [9.17, 15) is 31.2 Å². The smallest absolute Gasteiger partial charge is 0.336 e. The molecule has 29 heavy (non-hydrogen) atoms. The minimum atomic E-state index is -4.49. The van der Waals surface area contributed by atoms with E-state index in [1.165, 1.54) is 0 Å². The average molecular weight is 427 g/mol. The summed E-state index contributed by atoms with van der Waals surface area (Å²) in [7, 11) is -4.49. The number of amides is 3. The van der Waals surface area contributed by atoms with Crippen molar-refractivity contribution in [1.29, 1.82) is 0 Å². The third kappa shape index (κ3) is 3.24. The predicted molar refractivity (Wildman–Crippen MR) is 92.0 cm³/mol. The van der Waals surface area contributed by atoms with Gasteiger partial charge in [-0.15, -0.1) is 0 Å². The van der Waals surface area contributed by atoms with Crippen molar-refractivity contribution in [2.24, 2.45) is 0 Å². The topological polar surface area (TPSA) is 105 Å². The SMILES string of the molecule is O=C(CN1C(=O)Nc2ccc(F)cc2S1(=O)=O)N[C@H]1COc2cc(F)cc(F)c21. The Kier molecular flexibility index (Phi) is 4.37. The Hall–Kier alpha value is -3.28. The van der Waals surface area contributed by atoms with Crippen molar-refractivity contribution in [1.82, 2.24) is 9.62 Å². The fourth-order valence-electron chi connectivity index (χ4n) is 3.13. The van der Waals surface area contributed by atoms with Crippen LogP contribution in [0.5, 0.6) is 5.75 Å². The lowest BCUT2D eigenvalue weighted by molar-refractivity contribution is -0.121. The van der Waals surface area contributed by atoms with Gasteiger partial charge in [0.25, 0.3) is 10.0 Å². The van der Waals surface area contributed by atoms with Crippen LogP contribution < -0.4 is 15.4 Å². The third-order valence-corrected chi connectivity index (χ3v) is 6.18. The Morgan fingerprint density at radius 2 is 1.97 bits per heavy atom. The van der Waals surface area contributed by atoms with Gasteiger partial charge in [-0.05, 0) is 18.2 Å². The quantitative estimate of drug-likeness (QED) is 0.779. The zero-order valence-electron chi connectivity index (χ0n) is 14.4. The lowest BCUT2D eigenvalue weighted by Gasteiger charge is -2.28. The molecule has 0 radical (unpaired) electrons. The highest BCUT2D eigenvalue weighted by Crippen LogP contribution is 2.35. The maximum absolute atomic E-state index is 14.0. The maximum Gasteiger partial charge on any atom is 0.336 e. The molecule has 0 spiro atoms. The lowest BCUT2D eigenvalue weighted by Crippen LogP contribution is -2.49. The van der Waals surface area contributed by atoms with E-state index < -0.39 is 56.9 Å². The predicted octanol–water partition coefficient (Wildman–Crippen LogP) is 1.89. The van der Waals surface area contributed by atoms with Crippen LogP contribution in [0.15, 0.2) is 35.2 Å². The molecule has 0 fully saturated rings. The van der Waals surface area contributed by atoms with Gasteiger partial charge in [0.1, 0.15) is 41.2 Å². The number of anilines is 1. The van der Waals surface area contributed by atoms with Gasteiger partial charge in [0.2, 0.25) is 5.91 Å². The van der Waals surface area contributed by atoms with Crippen molar-refractivity contribution in [2.75, 3.05) is 18.5 Å². The van der Waals surface area contributed by atoms with Crippen LogP contribution in [0.3, 0.4) is 0 Å². The number of carbonyl (C=O) groups excluding carboxylic acids is 2. The van der Waals surface area contributed by atoms with Gasteiger partial charge in [0.05, 0.1) is 17.3 Å².